The highest BCUT2D eigenvalue weighted by atomic mass is 16.2. The van der Waals surface area contributed by atoms with Crippen molar-refractivity contribution in [3.63, 3.8) is 0 Å². The molecule has 0 aliphatic carbocycles. The SMILES string of the molecule is Cc1ccc(C(=O)N2CCCC(C(C)(C)C)CC2)c(N)c1. The van der Waals surface area contributed by atoms with Crippen LogP contribution in [0.5, 0.6) is 0 Å². The second kappa shape index (κ2) is 6.08. The predicted molar refractivity (Wildman–Crippen MR) is 88.3 cm³/mol. The summed E-state index contributed by atoms with van der Waals surface area (Å²) in [5.41, 5.74) is 8.67. The van der Waals surface area contributed by atoms with Crippen LogP contribution in [-0.4, -0.2) is 23.9 Å². The van der Waals surface area contributed by atoms with E-state index in [0.717, 1.165) is 31.5 Å². The molecule has 0 radical (unpaired) electrons. The van der Waals surface area contributed by atoms with Crippen LogP contribution >= 0.6 is 0 Å². The van der Waals surface area contributed by atoms with Crippen LogP contribution in [0.4, 0.5) is 5.69 Å². The van der Waals surface area contributed by atoms with Crippen molar-refractivity contribution in [3.05, 3.63) is 29.3 Å². The number of nitrogen functional groups attached to an aromatic ring is 1. The molecule has 1 aliphatic rings. The van der Waals surface area contributed by atoms with E-state index < -0.39 is 0 Å². The van der Waals surface area contributed by atoms with Gasteiger partial charge in [0, 0.05) is 18.8 Å². The summed E-state index contributed by atoms with van der Waals surface area (Å²) >= 11 is 0. The Bertz CT molecular complexity index is 516. The first kappa shape index (κ1) is 15.9. The summed E-state index contributed by atoms with van der Waals surface area (Å²) in [5, 5.41) is 0. The molecule has 1 heterocycles. The number of carbonyl (C=O) groups is 1. The summed E-state index contributed by atoms with van der Waals surface area (Å²) in [6.07, 6.45) is 3.37. The molecule has 1 saturated heterocycles. The normalized spacial score (nSPS) is 20.2. The standard InChI is InChI=1S/C18H28N2O/c1-13-7-8-15(16(19)12-13)17(21)20-10-5-6-14(9-11-20)18(2,3)4/h7-8,12,14H,5-6,9-11,19H2,1-4H3. The topological polar surface area (TPSA) is 46.3 Å². The maximum absolute atomic E-state index is 12.7. The van der Waals surface area contributed by atoms with Gasteiger partial charge < -0.3 is 10.6 Å². The van der Waals surface area contributed by atoms with Crippen LogP contribution < -0.4 is 5.73 Å². The largest absolute Gasteiger partial charge is 0.398 e. The summed E-state index contributed by atoms with van der Waals surface area (Å²) < 4.78 is 0. The van der Waals surface area contributed by atoms with Crippen LogP contribution in [0.3, 0.4) is 0 Å². The number of hydrogen-bond donors (Lipinski definition) is 1. The lowest BCUT2D eigenvalue weighted by Crippen LogP contribution is -2.33. The van der Waals surface area contributed by atoms with Crippen molar-refractivity contribution in [2.75, 3.05) is 18.8 Å². The lowest BCUT2D eigenvalue weighted by molar-refractivity contribution is 0.0756. The zero-order chi connectivity index (χ0) is 15.6. The first-order valence-electron chi connectivity index (χ1n) is 7.94. The number of amides is 1. The summed E-state index contributed by atoms with van der Waals surface area (Å²) in [5.74, 6) is 0.771. The molecule has 1 unspecified atom stereocenters. The first-order chi connectivity index (χ1) is 9.79. The highest BCUT2D eigenvalue weighted by Gasteiger charge is 2.29. The van der Waals surface area contributed by atoms with Gasteiger partial charge in [-0.3, -0.25) is 4.79 Å². The number of nitrogens with two attached hydrogens (primary N) is 1. The highest BCUT2D eigenvalue weighted by Crippen LogP contribution is 2.34. The summed E-state index contributed by atoms with van der Waals surface area (Å²) in [7, 11) is 0. The van der Waals surface area contributed by atoms with E-state index in [-0.39, 0.29) is 5.91 Å². The Labute approximate surface area is 128 Å². The van der Waals surface area contributed by atoms with E-state index in [4.69, 9.17) is 5.73 Å². The third-order valence-electron chi connectivity index (χ3n) is 4.68. The van der Waals surface area contributed by atoms with Crippen LogP contribution in [0.1, 0.15) is 56.0 Å². The summed E-state index contributed by atoms with van der Waals surface area (Å²) in [6.45, 7) is 10.6. The number of benzene rings is 1. The molecule has 3 nitrogen and oxygen atoms in total. The Morgan fingerprint density at radius 3 is 2.57 bits per heavy atom. The number of anilines is 1. The van der Waals surface area contributed by atoms with E-state index in [1.165, 1.54) is 6.42 Å². The average molecular weight is 288 g/mol. The van der Waals surface area contributed by atoms with E-state index in [1.807, 2.05) is 30.0 Å². The van der Waals surface area contributed by atoms with Crippen molar-refractivity contribution in [1.82, 2.24) is 4.90 Å². The fourth-order valence-electron chi connectivity index (χ4n) is 3.21. The second-order valence-corrected chi connectivity index (χ2v) is 7.38. The predicted octanol–water partition coefficient (Wildman–Crippen LogP) is 3.87. The van der Waals surface area contributed by atoms with E-state index in [0.29, 0.717) is 22.6 Å². The number of rotatable bonds is 1. The van der Waals surface area contributed by atoms with Gasteiger partial charge in [0.2, 0.25) is 0 Å². The van der Waals surface area contributed by atoms with Crippen molar-refractivity contribution in [1.29, 1.82) is 0 Å². The number of hydrogen-bond acceptors (Lipinski definition) is 2. The maximum atomic E-state index is 12.7. The second-order valence-electron chi connectivity index (χ2n) is 7.38. The first-order valence-corrected chi connectivity index (χ1v) is 7.94. The number of carbonyl (C=O) groups excluding carboxylic acids is 1. The lowest BCUT2D eigenvalue weighted by Gasteiger charge is -2.29. The Morgan fingerprint density at radius 1 is 1.24 bits per heavy atom. The molecule has 0 bridgehead atoms. The molecule has 2 rings (SSSR count). The van der Waals surface area contributed by atoms with Gasteiger partial charge in [-0.25, -0.2) is 0 Å². The zero-order valence-electron chi connectivity index (χ0n) is 13.8. The third-order valence-corrected chi connectivity index (χ3v) is 4.68. The molecule has 1 aromatic rings. The van der Waals surface area contributed by atoms with Gasteiger partial charge in [-0.2, -0.15) is 0 Å². The molecule has 0 spiro atoms. The van der Waals surface area contributed by atoms with E-state index in [2.05, 4.69) is 20.8 Å². The molecular weight excluding hydrogens is 260 g/mol. The lowest BCUT2D eigenvalue weighted by atomic mass is 9.77. The van der Waals surface area contributed by atoms with Crippen molar-refractivity contribution in [2.45, 2.75) is 47.0 Å². The van der Waals surface area contributed by atoms with Crippen molar-refractivity contribution < 1.29 is 4.79 Å². The molecule has 2 N–H and O–H groups in total. The fourth-order valence-corrected chi connectivity index (χ4v) is 3.21. The van der Waals surface area contributed by atoms with Crippen LogP contribution in [0.2, 0.25) is 0 Å². The van der Waals surface area contributed by atoms with Gasteiger partial charge in [0.05, 0.1) is 5.56 Å². The molecule has 1 aliphatic heterocycles. The smallest absolute Gasteiger partial charge is 0.255 e. The molecule has 1 atom stereocenters. The average Bonchev–Trinajstić information content (AvgIpc) is 2.63. The van der Waals surface area contributed by atoms with Gasteiger partial charge in [-0.1, -0.05) is 26.8 Å². The molecule has 0 saturated carbocycles. The molecular formula is C18H28N2O. The van der Waals surface area contributed by atoms with Gasteiger partial charge in [0.15, 0.2) is 0 Å². The van der Waals surface area contributed by atoms with Gasteiger partial charge in [-0.05, 0) is 55.2 Å². The van der Waals surface area contributed by atoms with Crippen LogP contribution in [0, 0.1) is 18.3 Å². The Balaban J connectivity index is 2.10. The van der Waals surface area contributed by atoms with Crippen molar-refractivity contribution in [2.24, 2.45) is 11.3 Å². The minimum Gasteiger partial charge on any atom is -0.398 e. The Hall–Kier alpha value is -1.51. The minimum absolute atomic E-state index is 0.0852. The fraction of sp³-hybridized carbons (Fsp3) is 0.611. The third kappa shape index (κ3) is 3.78. The molecule has 3 heteroatoms. The number of aryl methyl sites for hydroxylation is 1. The van der Waals surface area contributed by atoms with Crippen molar-refractivity contribution >= 4 is 11.6 Å². The summed E-state index contributed by atoms with van der Waals surface area (Å²) in [6, 6.07) is 5.70. The maximum Gasteiger partial charge on any atom is 0.255 e. The van der Waals surface area contributed by atoms with E-state index >= 15 is 0 Å². The van der Waals surface area contributed by atoms with E-state index in [9.17, 15) is 4.79 Å². The minimum atomic E-state index is 0.0852. The quantitative estimate of drug-likeness (QED) is 0.797. The van der Waals surface area contributed by atoms with Gasteiger partial charge in [0.25, 0.3) is 5.91 Å². The van der Waals surface area contributed by atoms with E-state index in [1.54, 1.807) is 0 Å². The van der Waals surface area contributed by atoms with Crippen LogP contribution in [-0.2, 0) is 0 Å². The Kier molecular flexibility index (Phi) is 4.60. The monoisotopic (exact) mass is 288 g/mol. The van der Waals surface area contributed by atoms with Crippen LogP contribution in [0.25, 0.3) is 0 Å². The molecule has 1 amide bonds. The summed E-state index contributed by atoms with van der Waals surface area (Å²) in [4.78, 5) is 14.7. The molecule has 21 heavy (non-hydrogen) atoms. The number of likely N-dealkylation sites (tertiary alicyclic amines) is 1. The molecule has 1 fully saturated rings. The molecule has 116 valence electrons. The number of nitrogens with zero attached hydrogens (tertiary/aromatic N) is 1. The Morgan fingerprint density at radius 2 is 1.95 bits per heavy atom. The molecule has 1 aromatic carbocycles. The van der Waals surface area contributed by atoms with Crippen molar-refractivity contribution in [3.8, 4) is 0 Å². The van der Waals surface area contributed by atoms with Crippen LogP contribution in [0.15, 0.2) is 18.2 Å². The molecule has 0 aromatic heterocycles. The van der Waals surface area contributed by atoms with Gasteiger partial charge in [-0.15, -0.1) is 0 Å². The highest BCUT2D eigenvalue weighted by molar-refractivity contribution is 5.99. The van der Waals surface area contributed by atoms with Gasteiger partial charge >= 0.3 is 0 Å². The zero-order valence-corrected chi connectivity index (χ0v) is 13.8. The van der Waals surface area contributed by atoms with Gasteiger partial charge in [0.1, 0.15) is 0 Å².